The maximum atomic E-state index is 2.41. The Labute approximate surface area is 77.4 Å². The Morgan fingerprint density at radius 2 is 1.50 bits per heavy atom. The van der Waals surface area contributed by atoms with Crippen LogP contribution in [0.1, 0.15) is 40.5 Å². The Bertz CT molecular complexity index is 159. The van der Waals surface area contributed by atoms with Crippen molar-refractivity contribution < 1.29 is 4.48 Å². The van der Waals surface area contributed by atoms with Crippen LogP contribution in [-0.2, 0) is 0 Å². The molecule has 0 bridgehead atoms. The van der Waals surface area contributed by atoms with E-state index in [2.05, 4.69) is 41.8 Å². The van der Waals surface area contributed by atoms with Gasteiger partial charge in [0.25, 0.3) is 0 Å². The van der Waals surface area contributed by atoms with Gasteiger partial charge in [0, 0.05) is 5.41 Å². The van der Waals surface area contributed by atoms with E-state index in [4.69, 9.17) is 0 Å². The molecule has 1 rings (SSSR count). The molecule has 0 unspecified atom stereocenters. The fourth-order valence-electron chi connectivity index (χ4n) is 2.32. The Balaban J connectivity index is 2.99. The molecule has 1 aliphatic heterocycles. The summed E-state index contributed by atoms with van der Waals surface area (Å²) in [7, 11) is 4.72. The molecule has 12 heavy (non-hydrogen) atoms. The Kier molecular flexibility index (Phi) is 2.07. The highest BCUT2D eigenvalue weighted by atomic mass is 15.4. The van der Waals surface area contributed by atoms with Crippen LogP contribution in [0.2, 0.25) is 0 Å². The van der Waals surface area contributed by atoms with E-state index in [1.54, 1.807) is 0 Å². The molecule has 1 heteroatoms. The molecule has 0 amide bonds. The molecule has 0 N–H and O–H groups in total. The molecule has 0 radical (unpaired) electrons. The third-order valence-electron chi connectivity index (χ3n) is 4.69. The summed E-state index contributed by atoms with van der Waals surface area (Å²) in [6, 6.07) is 0. The van der Waals surface area contributed by atoms with Gasteiger partial charge in [-0.05, 0) is 26.7 Å². The molecule has 0 atom stereocenters. The highest BCUT2D eigenvalue weighted by Crippen LogP contribution is 2.45. The van der Waals surface area contributed by atoms with E-state index in [1.165, 1.54) is 23.9 Å². The molecule has 1 aliphatic rings. The number of piperidine rings is 1. The first-order chi connectivity index (χ1) is 5.21. The lowest BCUT2D eigenvalue weighted by atomic mass is 9.67. The van der Waals surface area contributed by atoms with E-state index < -0.39 is 0 Å². The molecule has 0 aliphatic carbocycles. The fourth-order valence-corrected chi connectivity index (χ4v) is 2.32. The molecule has 1 saturated heterocycles. The first kappa shape index (κ1) is 10.0. The predicted octanol–water partition coefficient (Wildman–Crippen LogP) is 2.66. The minimum absolute atomic E-state index is 0.408. The van der Waals surface area contributed by atoms with E-state index in [1.807, 2.05) is 0 Å². The molecule has 1 heterocycles. The normalized spacial score (nSPS) is 31.5. The monoisotopic (exact) mass is 170 g/mol. The second kappa shape index (κ2) is 2.47. The summed E-state index contributed by atoms with van der Waals surface area (Å²) in [5, 5.41) is 0. The van der Waals surface area contributed by atoms with Crippen molar-refractivity contribution in [3.05, 3.63) is 0 Å². The molecule has 0 aromatic carbocycles. The van der Waals surface area contributed by atoms with Gasteiger partial charge >= 0.3 is 0 Å². The minimum Gasteiger partial charge on any atom is -0.324 e. The lowest BCUT2D eigenvalue weighted by Crippen LogP contribution is -2.66. The van der Waals surface area contributed by atoms with Crippen molar-refractivity contribution in [1.29, 1.82) is 0 Å². The second-order valence-electron chi connectivity index (χ2n) is 5.96. The number of hydrogen-bond donors (Lipinski definition) is 0. The highest BCUT2D eigenvalue weighted by Gasteiger charge is 2.51. The average Bonchev–Trinajstić information content (AvgIpc) is 1.83. The molecule has 0 aromatic rings. The maximum absolute atomic E-state index is 2.41. The third-order valence-corrected chi connectivity index (χ3v) is 4.69. The number of nitrogens with zero attached hydrogens (tertiary/aromatic N) is 1. The zero-order chi connectivity index (χ0) is 9.62. The van der Waals surface area contributed by atoms with Crippen LogP contribution in [0.15, 0.2) is 0 Å². The maximum Gasteiger partial charge on any atom is 0.0982 e. The third kappa shape index (κ3) is 1.19. The molecular formula is C11H24N+. The zero-order valence-corrected chi connectivity index (χ0v) is 9.57. The van der Waals surface area contributed by atoms with E-state index in [0.29, 0.717) is 11.0 Å². The number of likely N-dealkylation sites (tertiary alicyclic amines) is 1. The SMILES string of the molecule is CC1(C)CCC[N+](C)(C)C1(C)C. The predicted molar refractivity (Wildman–Crippen MR) is 54.1 cm³/mol. The van der Waals surface area contributed by atoms with Crippen molar-refractivity contribution in [3.63, 3.8) is 0 Å². The lowest BCUT2D eigenvalue weighted by Gasteiger charge is -2.56. The van der Waals surface area contributed by atoms with Crippen LogP contribution in [0.5, 0.6) is 0 Å². The van der Waals surface area contributed by atoms with E-state index in [-0.39, 0.29) is 0 Å². The summed E-state index contributed by atoms with van der Waals surface area (Å²) in [5.74, 6) is 0. The van der Waals surface area contributed by atoms with Crippen LogP contribution in [0.25, 0.3) is 0 Å². The Morgan fingerprint density at radius 1 is 1.00 bits per heavy atom. The van der Waals surface area contributed by atoms with Crippen LogP contribution in [0.4, 0.5) is 0 Å². The van der Waals surface area contributed by atoms with Gasteiger partial charge in [0.15, 0.2) is 0 Å². The van der Waals surface area contributed by atoms with Crippen LogP contribution in [-0.4, -0.2) is 30.7 Å². The summed E-state index contributed by atoms with van der Waals surface area (Å²) in [5.41, 5.74) is 0.889. The quantitative estimate of drug-likeness (QED) is 0.490. The summed E-state index contributed by atoms with van der Waals surface area (Å²) in [6.45, 7) is 11.0. The first-order valence-corrected chi connectivity index (χ1v) is 5.04. The van der Waals surface area contributed by atoms with Crippen molar-refractivity contribution in [2.24, 2.45) is 5.41 Å². The molecule has 1 fully saturated rings. The standard InChI is InChI=1S/C11H24N/c1-10(2)8-7-9-12(5,6)11(10,3)4/h7-9H2,1-6H3/q+1. The second-order valence-corrected chi connectivity index (χ2v) is 5.96. The molecule has 0 spiro atoms. The van der Waals surface area contributed by atoms with Crippen LogP contribution >= 0.6 is 0 Å². The Hall–Kier alpha value is -0.0400. The topological polar surface area (TPSA) is 0 Å². The molecule has 1 nitrogen and oxygen atoms in total. The largest absolute Gasteiger partial charge is 0.324 e. The first-order valence-electron chi connectivity index (χ1n) is 5.04. The van der Waals surface area contributed by atoms with Crippen molar-refractivity contribution in [3.8, 4) is 0 Å². The number of quaternary nitrogens is 1. The van der Waals surface area contributed by atoms with Gasteiger partial charge in [-0.15, -0.1) is 0 Å². The van der Waals surface area contributed by atoms with Crippen LogP contribution in [0.3, 0.4) is 0 Å². The van der Waals surface area contributed by atoms with Crippen molar-refractivity contribution in [2.75, 3.05) is 20.6 Å². The van der Waals surface area contributed by atoms with Gasteiger partial charge in [-0.3, -0.25) is 0 Å². The highest BCUT2D eigenvalue weighted by molar-refractivity contribution is 4.90. The van der Waals surface area contributed by atoms with Crippen LogP contribution < -0.4 is 0 Å². The van der Waals surface area contributed by atoms with Gasteiger partial charge in [0.1, 0.15) is 0 Å². The van der Waals surface area contributed by atoms with E-state index >= 15 is 0 Å². The van der Waals surface area contributed by atoms with Gasteiger partial charge in [-0.25, -0.2) is 0 Å². The zero-order valence-electron chi connectivity index (χ0n) is 9.57. The van der Waals surface area contributed by atoms with Crippen molar-refractivity contribution in [2.45, 2.75) is 46.1 Å². The summed E-state index contributed by atoms with van der Waals surface area (Å²) in [6.07, 6.45) is 2.76. The molecular weight excluding hydrogens is 146 g/mol. The van der Waals surface area contributed by atoms with Crippen molar-refractivity contribution >= 4 is 0 Å². The smallest absolute Gasteiger partial charge is 0.0982 e. The molecule has 72 valence electrons. The lowest BCUT2D eigenvalue weighted by molar-refractivity contribution is -0.952. The molecule has 0 aromatic heterocycles. The fraction of sp³-hybridized carbons (Fsp3) is 1.00. The minimum atomic E-state index is 0.408. The number of rotatable bonds is 0. The van der Waals surface area contributed by atoms with Crippen LogP contribution in [0, 0.1) is 5.41 Å². The summed E-state index contributed by atoms with van der Waals surface area (Å²) in [4.78, 5) is 0. The van der Waals surface area contributed by atoms with Gasteiger partial charge in [0.05, 0.1) is 26.2 Å². The number of hydrogen-bond acceptors (Lipinski definition) is 0. The van der Waals surface area contributed by atoms with Gasteiger partial charge in [-0.2, -0.15) is 0 Å². The summed E-state index contributed by atoms with van der Waals surface area (Å²) >= 11 is 0. The van der Waals surface area contributed by atoms with Gasteiger partial charge in [-0.1, -0.05) is 13.8 Å². The Morgan fingerprint density at radius 3 is 1.83 bits per heavy atom. The average molecular weight is 170 g/mol. The van der Waals surface area contributed by atoms with E-state index in [0.717, 1.165) is 0 Å². The summed E-state index contributed by atoms with van der Waals surface area (Å²) < 4.78 is 1.17. The van der Waals surface area contributed by atoms with Crippen molar-refractivity contribution in [1.82, 2.24) is 0 Å². The van der Waals surface area contributed by atoms with E-state index in [9.17, 15) is 0 Å². The van der Waals surface area contributed by atoms with Gasteiger partial charge < -0.3 is 4.48 Å². The molecule has 0 saturated carbocycles. The van der Waals surface area contributed by atoms with Gasteiger partial charge in [0.2, 0.25) is 0 Å².